The van der Waals surface area contributed by atoms with E-state index in [2.05, 4.69) is 0 Å². The van der Waals surface area contributed by atoms with Crippen molar-refractivity contribution in [2.45, 2.75) is 20.4 Å². The van der Waals surface area contributed by atoms with Crippen LogP contribution in [-0.4, -0.2) is 13.0 Å². The SMILES string of the molecule is CC(C)C(=O)N(C)c1ccc(CN)cc1. The summed E-state index contributed by atoms with van der Waals surface area (Å²) in [5.74, 6) is 0.139. The molecule has 0 aliphatic carbocycles. The van der Waals surface area contributed by atoms with Gasteiger partial charge >= 0.3 is 0 Å². The van der Waals surface area contributed by atoms with Crippen LogP contribution in [0.1, 0.15) is 19.4 Å². The minimum atomic E-state index is 0.0178. The molecule has 3 nitrogen and oxygen atoms in total. The van der Waals surface area contributed by atoms with Crippen molar-refractivity contribution in [1.82, 2.24) is 0 Å². The first-order valence-electron chi connectivity index (χ1n) is 5.13. The topological polar surface area (TPSA) is 46.3 Å². The molecule has 1 amide bonds. The Morgan fingerprint density at radius 3 is 2.27 bits per heavy atom. The van der Waals surface area contributed by atoms with Crippen LogP contribution in [0, 0.1) is 5.92 Å². The van der Waals surface area contributed by atoms with Gasteiger partial charge in [0.2, 0.25) is 5.91 Å². The van der Waals surface area contributed by atoms with Crippen molar-refractivity contribution in [3.05, 3.63) is 29.8 Å². The third kappa shape index (κ3) is 2.80. The molecule has 0 saturated heterocycles. The summed E-state index contributed by atoms with van der Waals surface area (Å²) in [6.07, 6.45) is 0. The highest BCUT2D eigenvalue weighted by atomic mass is 16.2. The number of nitrogens with two attached hydrogens (primary N) is 1. The van der Waals surface area contributed by atoms with Crippen LogP contribution in [0.15, 0.2) is 24.3 Å². The maximum absolute atomic E-state index is 11.7. The average molecular weight is 206 g/mol. The molecule has 0 atom stereocenters. The molecule has 1 aromatic carbocycles. The summed E-state index contributed by atoms with van der Waals surface area (Å²) < 4.78 is 0. The van der Waals surface area contributed by atoms with Crippen molar-refractivity contribution in [3.63, 3.8) is 0 Å². The fourth-order valence-electron chi connectivity index (χ4n) is 1.37. The molecule has 0 aliphatic rings. The van der Waals surface area contributed by atoms with Gasteiger partial charge in [-0.3, -0.25) is 4.79 Å². The third-order valence-corrected chi connectivity index (χ3v) is 2.38. The first-order valence-corrected chi connectivity index (χ1v) is 5.13. The van der Waals surface area contributed by atoms with Crippen molar-refractivity contribution in [1.29, 1.82) is 0 Å². The number of nitrogens with zero attached hydrogens (tertiary/aromatic N) is 1. The Kier molecular flexibility index (Phi) is 3.86. The largest absolute Gasteiger partial charge is 0.326 e. The van der Waals surface area contributed by atoms with Crippen LogP contribution in [0.3, 0.4) is 0 Å². The van der Waals surface area contributed by atoms with E-state index < -0.39 is 0 Å². The minimum Gasteiger partial charge on any atom is -0.326 e. The van der Waals surface area contributed by atoms with Crippen LogP contribution < -0.4 is 10.6 Å². The van der Waals surface area contributed by atoms with E-state index in [4.69, 9.17) is 5.73 Å². The number of hydrogen-bond donors (Lipinski definition) is 1. The minimum absolute atomic E-state index is 0.0178. The lowest BCUT2D eigenvalue weighted by atomic mass is 10.1. The van der Waals surface area contributed by atoms with E-state index >= 15 is 0 Å². The Morgan fingerprint density at radius 2 is 1.87 bits per heavy atom. The lowest BCUT2D eigenvalue weighted by Gasteiger charge is -2.19. The summed E-state index contributed by atoms with van der Waals surface area (Å²) in [5, 5.41) is 0. The summed E-state index contributed by atoms with van der Waals surface area (Å²) in [6.45, 7) is 4.32. The van der Waals surface area contributed by atoms with Gasteiger partial charge in [0.1, 0.15) is 0 Å². The van der Waals surface area contributed by atoms with Gasteiger partial charge in [0.15, 0.2) is 0 Å². The van der Waals surface area contributed by atoms with Gasteiger partial charge in [-0.2, -0.15) is 0 Å². The van der Waals surface area contributed by atoms with E-state index in [1.165, 1.54) is 0 Å². The van der Waals surface area contributed by atoms with Crippen LogP contribution in [0.4, 0.5) is 5.69 Å². The molecule has 0 spiro atoms. The molecule has 0 bridgehead atoms. The van der Waals surface area contributed by atoms with E-state index in [1.54, 1.807) is 11.9 Å². The highest BCUT2D eigenvalue weighted by Crippen LogP contribution is 2.15. The number of rotatable bonds is 3. The standard InChI is InChI=1S/C12H18N2O/c1-9(2)12(15)14(3)11-6-4-10(8-13)5-7-11/h4-7,9H,8,13H2,1-3H3. The van der Waals surface area contributed by atoms with Crippen LogP contribution in [0.25, 0.3) is 0 Å². The summed E-state index contributed by atoms with van der Waals surface area (Å²) in [5.41, 5.74) is 7.49. The highest BCUT2D eigenvalue weighted by Gasteiger charge is 2.13. The van der Waals surface area contributed by atoms with Crippen molar-refractivity contribution in [2.24, 2.45) is 11.7 Å². The smallest absolute Gasteiger partial charge is 0.229 e. The van der Waals surface area contributed by atoms with Gasteiger partial charge in [-0.25, -0.2) is 0 Å². The first kappa shape index (κ1) is 11.7. The summed E-state index contributed by atoms with van der Waals surface area (Å²) in [7, 11) is 1.79. The van der Waals surface area contributed by atoms with E-state index in [0.29, 0.717) is 6.54 Å². The number of amides is 1. The van der Waals surface area contributed by atoms with Crippen LogP contribution >= 0.6 is 0 Å². The van der Waals surface area contributed by atoms with Crippen LogP contribution in [0.5, 0.6) is 0 Å². The molecule has 15 heavy (non-hydrogen) atoms. The van der Waals surface area contributed by atoms with Gasteiger partial charge in [0, 0.05) is 25.2 Å². The maximum Gasteiger partial charge on any atom is 0.229 e. The Balaban J connectivity index is 2.82. The number of hydrogen-bond acceptors (Lipinski definition) is 2. The summed E-state index contributed by atoms with van der Waals surface area (Å²) in [6, 6.07) is 7.73. The molecular weight excluding hydrogens is 188 g/mol. The number of anilines is 1. The fraction of sp³-hybridized carbons (Fsp3) is 0.417. The highest BCUT2D eigenvalue weighted by molar-refractivity contribution is 5.94. The fourth-order valence-corrected chi connectivity index (χ4v) is 1.37. The molecule has 82 valence electrons. The first-order chi connectivity index (χ1) is 7.06. The predicted octanol–water partition coefficient (Wildman–Crippen LogP) is 1.76. The molecule has 0 fully saturated rings. The van der Waals surface area contributed by atoms with Gasteiger partial charge in [-0.15, -0.1) is 0 Å². The lowest BCUT2D eigenvalue weighted by Crippen LogP contribution is -2.30. The van der Waals surface area contributed by atoms with E-state index in [-0.39, 0.29) is 11.8 Å². The summed E-state index contributed by atoms with van der Waals surface area (Å²) in [4.78, 5) is 13.4. The second-order valence-electron chi connectivity index (χ2n) is 3.92. The molecule has 0 aliphatic heterocycles. The lowest BCUT2D eigenvalue weighted by molar-refractivity contribution is -0.121. The molecular formula is C12H18N2O. The Labute approximate surface area is 90.9 Å². The molecule has 0 aromatic heterocycles. The molecule has 2 N–H and O–H groups in total. The molecule has 0 unspecified atom stereocenters. The van der Waals surface area contributed by atoms with Crippen LogP contribution in [-0.2, 0) is 11.3 Å². The molecule has 0 radical (unpaired) electrons. The molecule has 0 saturated carbocycles. The average Bonchev–Trinajstić information content (AvgIpc) is 2.27. The number of carbonyl (C=O) groups excluding carboxylic acids is 1. The van der Waals surface area contributed by atoms with E-state index in [1.807, 2.05) is 38.1 Å². The van der Waals surface area contributed by atoms with Crippen molar-refractivity contribution >= 4 is 11.6 Å². The van der Waals surface area contributed by atoms with Gasteiger partial charge in [-0.1, -0.05) is 26.0 Å². The van der Waals surface area contributed by atoms with Crippen LogP contribution in [0.2, 0.25) is 0 Å². The second-order valence-corrected chi connectivity index (χ2v) is 3.92. The maximum atomic E-state index is 11.7. The molecule has 3 heteroatoms. The normalized spacial score (nSPS) is 10.5. The summed E-state index contributed by atoms with van der Waals surface area (Å²) >= 11 is 0. The van der Waals surface area contributed by atoms with Gasteiger partial charge in [-0.05, 0) is 17.7 Å². The zero-order chi connectivity index (χ0) is 11.4. The molecule has 1 rings (SSSR count). The number of benzene rings is 1. The van der Waals surface area contributed by atoms with E-state index in [9.17, 15) is 4.79 Å². The Morgan fingerprint density at radius 1 is 1.33 bits per heavy atom. The van der Waals surface area contributed by atoms with Gasteiger partial charge in [0.05, 0.1) is 0 Å². The van der Waals surface area contributed by atoms with Crippen molar-refractivity contribution < 1.29 is 4.79 Å². The zero-order valence-corrected chi connectivity index (χ0v) is 9.53. The second kappa shape index (κ2) is 4.94. The Hall–Kier alpha value is -1.35. The van der Waals surface area contributed by atoms with Crippen molar-refractivity contribution in [3.8, 4) is 0 Å². The van der Waals surface area contributed by atoms with Gasteiger partial charge in [0.25, 0.3) is 0 Å². The van der Waals surface area contributed by atoms with Gasteiger partial charge < -0.3 is 10.6 Å². The zero-order valence-electron chi connectivity index (χ0n) is 9.53. The number of carbonyl (C=O) groups is 1. The Bertz CT molecular complexity index is 330. The quantitative estimate of drug-likeness (QED) is 0.819. The molecule has 0 heterocycles. The molecule has 1 aromatic rings. The van der Waals surface area contributed by atoms with E-state index in [0.717, 1.165) is 11.3 Å². The van der Waals surface area contributed by atoms with Crippen molar-refractivity contribution in [2.75, 3.05) is 11.9 Å². The third-order valence-electron chi connectivity index (χ3n) is 2.38. The monoisotopic (exact) mass is 206 g/mol. The predicted molar refractivity (Wildman–Crippen MR) is 62.6 cm³/mol.